The molecule has 1 aromatic carbocycles. The van der Waals surface area contributed by atoms with E-state index < -0.39 is 0 Å². The third kappa shape index (κ3) is 3.03. The zero-order valence-corrected chi connectivity index (χ0v) is 11.7. The molecule has 4 nitrogen and oxygen atoms in total. The molecular weight excluding hydrogens is 250 g/mol. The van der Waals surface area contributed by atoms with Gasteiger partial charge < -0.3 is 4.74 Å². The second-order valence-electron chi connectivity index (χ2n) is 5.11. The molecule has 0 radical (unpaired) electrons. The van der Waals surface area contributed by atoms with Crippen molar-refractivity contribution in [2.45, 2.75) is 13.5 Å². The van der Waals surface area contributed by atoms with Gasteiger partial charge in [-0.1, -0.05) is 24.3 Å². The lowest BCUT2D eigenvalue weighted by Crippen LogP contribution is -2.35. The van der Waals surface area contributed by atoms with Crippen molar-refractivity contribution >= 4 is 0 Å². The number of morpholine rings is 1. The van der Waals surface area contributed by atoms with Crippen molar-refractivity contribution in [3.05, 3.63) is 47.7 Å². The predicted octanol–water partition coefficient (Wildman–Crippen LogP) is 2.28. The van der Waals surface area contributed by atoms with Crippen molar-refractivity contribution in [2.24, 2.45) is 0 Å². The minimum Gasteiger partial charge on any atom is -0.379 e. The summed E-state index contributed by atoms with van der Waals surface area (Å²) >= 11 is 0. The van der Waals surface area contributed by atoms with Gasteiger partial charge in [-0.25, -0.2) is 0 Å². The number of ether oxygens (including phenoxy) is 1. The highest BCUT2D eigenvalue weighted by atomic mass is 16.5. The lowest BCUT2D eigenvalue weighted by molar-refractivity contribution is 0.0342. The van der Waals surface area contributed by atoms with E-state index >= 15 is 0 Å². The minimum atomic E-state index is 0.826. The molecule has 0 unspecified atom stereocenters. The predicted molar refractivity (Wildman–Crippen MR) is 78.3 cm³/mol. The van der Waals surface area contributed by atoms with E-state index in [0.717, 1.165) is 44.2 Å². The third-order valence-electron chi connectivity index (χ3n) is 3.59. The van der Waals surface area contributed by atoms with Crippen LogP contribution in [0.5, 0.6) is 0 Å². The monoisotopic (exact) mass is 269 g/mol. The van der Waals surface area contributed by atoms with E-state index in [1.165, 1.54) is 11.1 Å². The van der Waals surface area contributed by atoms with Crippen molar-refractivity contribution < 1.29 is 4.74 Å². The standard InChI is InChI=1S/C16H19N3O/c1-13-6-7-16(18-17-13)15-5-3-2-4-14(15)12-19-8-10-20-11-9-19/h2-7H,8-12H2,1H3. The van der Waals surface area contributed by atoms with Crippen molar-refractivity contribution in [3.8, 4) is 11.3 Å². The van der Waals surface area contributed by atoms with Crippen LogP contribution in [0.1, 0.15) is 11.3 Å². The normalized spacial score (nSPS) is 16.2. The second-order valence-corrected chi connectivity index (χ2v) is 5.11. The van der Waals surface area contributed by atoms with Crippen molar-refractivity contribution in [2.75, 3.05) is 26.3 Å². The Hall–Kier alpha value is -1.78. The number of rotatable bonds is 3. The van der Waals surface area contributed by atoms with Crippen LogP contribution in [0.3, 0.4) is 0 Å². The van der Waals surface area contributed by atoms with Gasteiger partial charge in [0.15, 0.2) is 0 Å². The summed E-state index contributed by atoms with van der Waals surface area (Å²) in [4.78, 5) is 2.42. The summed E-state index contributed by atoms with van der Waals surface area (Å²) in [6, 6.07) is 12.5. The number of nitrogens with zero attached hydrogens (tertiary/aromatic N) is 3. The van der Waals surface area contributed by atoms with Gasteiger partial charge >= 0.3 is 0 Å². The molecule has 104 valence electrons. The maximum Gasteiger partial charge on any atom is 0.0933 e. The van der Waals surface area contributed by atoms with Gasteiger partial charge in [0.05, 0.1) is 24.6 Å². The Labute approximate surface area is 119 Å². The van der Waals surface area contributed by atoms with Crippen LogP contribution in [0.25, 0.3) is 11.3 Å². The molecule has 1 aliphatic rings. The number of aryl methyl sites for hydroxylation is 1. The maximum atomic E-state index is 5.40. The van der Waals surface area contributed by atoms with E-state index in [-0.39, 0.29) is 0 Å². The molecule has 0 amide bonds. The van der Waals surface area contributed by atoms with Crippen molar-refractivity contribution in [1.29, 1.82) is 0 Å². The number of hydrogen-bond donors (Lipinski definition) is 0. The first-order valence-electron chi connectivity index (χ1n) is 7.01. The summed E-state index contributed by atoms with van der Waals surface area (Å²) < 4.78 is 5.40. The Morgan fingerprint density at radius 3 is 2.60 bits per heavy atom. The molecule has 0 aliphatic carbocycles. The van der Waals surface area contributed by atoms with Crippen LogP contribution in [0.15, 0.2) is 36.4 Å². The molecular formula is C16H19N3O. The van der Waals surface area contributed by atoms with E-state index in [9.17, 15) is 0 Å². The molecule has 0 saturated carbocycles. The van der Waals surface area contributed by atoms with Gasteiger partial charge in [0.25, 0.3) is 0 Å². The van der Waals surface area contributed by atoms with Crippen LogP contribution in [-0.4, -0.2) is 41.4 Å². The number of hydrogen-bond acceptors (Lipinski definition) is 4. The Morgan fingerprint density at radius 1 is 1.05 bits per heavy atom. The first-order chi connectivity index (χ1) is 9.83. The Kier molecular flexibility index (Phi) is 4.04. The molecule has 3 rings (SSSR count). The number of benzene rings is 1. The quantitative estimate of drug-likeness (QED) is 0.857. The highest BCUT2D eigenvalue weighted by Gasteiger charge is 2.13. The van der Waals surface area contributed by atoms with Gasteiger partial charge in [-0.3, -0.25) is 4.90 Å². The van der Waals surface area contributed by atoms with Crippen LogP contribution in [-0.2, 0) is 11.3 Å². The molecule has 1 saturated heterocycles. The van der Waals surface area contributed by atoms with Gasteiger partial charge in [-0.2, -0.15) is 10.2 Å². The second kappa shape index (κ2) is 6.11. The molecule has 2 aromatic rings. The summed E-state index contributed by atoms with van der Waals surface area (Å²) in [5.74, 6) is 0. The summed E-state index contributed by atoms with van der Waals surface area (Å²) in [5, 5.41) is 8.47. The van der Waals surface area contributed by atoms with Crippen LogP contribution < -0.4 is 0 Å². The number of aromatic nitrogens is 2. The van der Waals surface area contributed by atoms with E-state index in [1.54, 1.807) is 0 Å². The lowest BCUT2D eigenvalue weighted by atomic mass is 10.0. The highest BCUT2D eigenvalue weighted by molar-refractivity contribution is 5.63. The van der Waals surface area contributed by atoms with Crippen LogP contribution in [0, 0.1) is 6.92 Å². The summed E-state index contributed by atoms with van der Waals surface area (Å²) in [6.07, 6.45) is 0. The first-order valence-corrected chi connectivity index (χ1v) is 7.01. The van der Waals surface area contributed by atoms with Gasteiger partial charge in [0, 0.05) is 25.2 Å². The highest BCUT2D eigenvalue weighted by Crippen LogP contribution is 2.22. The average Bonchev–Trinajstić information content (AvgIpc) is 2.50. The molecule has 1 aromatic heterocycles. The molecule has 1 aliphatic heterocycles. The Bertz CT molecular complexity index is 562. The molecule has 1 fully saturated rings. The van der Waals surface area contributed by atoms with Gasteiger partial charge in [-0.05, 0) is 24.6 Å². The zero-order chi connectivity index (χ0) is 13.8. The van der Waals surface area contributed by atoms with Gasteiger partial charge in [0.1, 0.15) is 0 Å². The van der Waals surface area contributed by atoms with Gasteiger partial charge in [0.2, 0.25) is 0 Å². The van der Waals surface area contributed by atoms with Crippen LogP contribution >= 0.6 is 0 Å². The maximum absolute atomic E-state index is 5.40. The summed E-state index contributed by atoms with van der Waals surface area (Å²) in [7, 11) is 0. The molecule has 0 atom stereocenters. The third-order valence-corrected chi connectivity index (χ3v) is 3.59. The van der Waals surface area contributed by atoms with Crippen LogP contribution in [0.4, 0.5) is 0 Å². The Morgan fingerprint density at radius 2 is 1.85 bits per heavy atom. The van der Waals surface area contributed by atoms with Crippen molar-refractivity contribution in [3.63, 3.8) is 0 Å². The molecule has 0 bridgehead atoms. The van der Waals surface area contributed by atoms with E-state index in [0.29, 0.717) is 0 Å². The molecule has 0 N–H and O–H groups in total. The fraction of sp³-hybridized carbons (Fsp3) is 0.375. The molecule has 0 spiro atoms. The Balaban J connectivity index is 1.85. The van der Waals surface area contributed by atoms with Crippen molar-refractivity contribution in [1.82, 2.24) is 15.1 Å². The minimum absolute atomic E-state index is 0.826. The van der Waals surface area contributed by atoms with E-state index in [1.807, 2.05) is 19.1 Å². The van der Waals surface area contributed by atoms with Crippen LogP contribution in [0.2, 0.25) is 0 Å². The SMILES string of the molecule is Cc1ccc(-c2ccccc2CN2CCOCC2)nn1. The first kappa shape index (κ1) is 13.2. The average molecular weight is 269 g/mol. The lowest BCUT2D eigenvalue weighted by Gasteiger charge is -2.27. The summed E-state index contributed by atoms with van der Waals surface area (Å²) in [6.45, 7) is 6.53. The molecule has 20 heavy (non-hydrogen) atoms. The zero-order valence-electron chi connectivity index (χ0n) is 11.7. The smallest absolute Gasteiger partial charge is 0.0933 e. The van der Waals surface area contributed by atoms with Gasteiger partial charge in [-0.15, -0.1) is 0 Å². The van der Waals surface area contributed by atoms with E-state index in [2.05, 4.69) is 39.4 Å². The topological polar surface area (TPSA) is 38.2 Å². The fourth-order valence-electron chi connectivity index (χ4n) is 2.45. The fourth-order valence-corrected chi connectivity index (χ4v) is 2.45. The van der Waals surface area contributed by atoms with E-state index in [4.69, 9.17) is 4.74 Å². The molecule has 2 heterocycles. The molecule has 4 heteroatoms. The largest absolute Gasteiger partial charge is 0.379 e. The summed E-state index contributed by atoms with van der Waals surface area (Å²) in [5.41, 5.74) is 4.36.